The van der Waals surface area contributed by atoms with Gasteiger partial charge in [0.25, 0.3) is 0 Å². The van der Waals surface area contributed by atoms with Crippen molar-refractivity contribution in [2.45, 2.75) is 0 Å². The van der Waals surface area contributed by atoms with Gasteiger partial charge in [-0.15, -0.1) is 11.3 Å². The first-order valence-electron chi connectivity index (χ1n) is 6.76. The molecule has 2 aromatic carbocycles. The molecule has 0 atom stereocenters. The quantitative estimate of drug-likeness (QED) is 0.535. The SMILES string of the molecule is O=C(Nc1ccc(Cl)cc1)Nc1nc(-c2ccc(Cl)cc2Cl)cs1. The number of amides is 2. The number of urea groups is 1. The minimum absolute atomic E-state index is 0.388. The Bertz CT molecular complexity index is 881. The number of nitrogens with one attached hydrogen (secondary N) is 2. The predicted molar refractivity (Wildman–Crippen MR) is 102 cm³/mol. The molecule has 24 heavy (non-hydrogen) atoms. The second-order valence-electron chi connectivity index (χ2n) is 4.75. The van der Waals surface area contributed by atoms with E-state index < -0.39 is 0 Å². The van der Waals surface area contributed by atoms with Gasteiger partial charge in [-0.25, -0.2) is 9.78 Å². The van der Waals surface area contributed by atoms with Crippen molar-refractivity contribution >= 4 is 63.0 Å². The van der Waals surface area contributed by atoms with Crippen LogP contribution in [0.25, 0.3) is 11.3 Å². The zero-order chi connectivity index (χ0) is 17.1. The second-order valence-corrected chi connectivity index (χ2v) is 6.89. The Morgan fingerprint density at radius 1 is 0.958 bits per heavy atom. The molecule has 3 aromatic rings. The number of anilines is 2. The average molecular weight is 399 g/mol. The molecular formula is C16H10Cl3N3OS. The normalized spacial score (nSPS) is 10.5. The van der Waals surface area contributed by atoms with Crippen LogP contribution in [0.5, 0.6) is 0 Å². The summed E-state index contributed by atoms with van der Waals surface area (Å²) in [6.07, 6.45) is 0. The van der Waals surface area contributed by atoms with Crippen LogP contribution < -0.4 is 10.6 Å². The van der Waals surface area contributed by atoms with E-state index in [1.165, 1.54) is 11.3 Å². The summed E-state index contributed by atoms with van der Waals surface area (Å²) in [7, 11) is 0. The highest BCUT2D eigenvalue weighted by atomic mass is 35.5. The molecule has 0 saturated heterocycles. The van der Waals surface area contributed by atoms with Gasteiger partial charge >= 0.3 is 6.03 Å². The molecule has 2 N–H and O–H groups in total. The summed E-state index contributed by atoms with van der Waals surface area (Å²) in [5, 5.41) is 9.32. The van der Waals surface area contributed by atoms with E-state index in [4.69, 9.17) is 34.8 Å². The van der Waals surface area contributed by atoms with E-state index in [9.17, 15) is 4.79 Å². The first kappa shape index (κ1) is 17.0. The Hall–Kier alpha value is -1.79. The Morgan fingerprint density at radius 3 is 2.38 bits per heavy atom. The van der Waals surface area contributed by atoms with Crippen molar-refractivity contribution in [3.05, 3.63) is 62.9 Å². The van der Waals surface area contributed by atoms with E-state index in [2.05, 4.69) is 15.6 Å². The van der Waals surface area contributed by atoms with Crippen LogP contribution in [-0.4, -0.2) is 11.0 Å². The fraction of sp³-hybridized carbons (Fsp3) is 0. The molecule has 1 heterocycles. The number of hydrogen-bond acceptors (Lipinski definition) is 3. The molecule has 0 radical (unpaired) electrons. The fourth-order valence-corrected chi connectivity index (χ4v) is 3.28. The van der Waals surface area contributed by atoms with Crippen LogP contribution in [0.2, 0.25) is 15.1 Å². The van der Waals surface area contributed by atoms with E-state index in [0.29, 0.717) is 31.6 Å². The zero-order valence-corrected chi connectivity index (χ0v) is 15.1. The number of carbonyl (C=O) groups excluding carboxylic acids is 1. The molecule has 0 aliphatic rings. The van der Waals surface area contributed by atoms with Crippen LogP contribution in [0, 0.1) is 0 Å². The van der Waals surface area contributed by atoms with E-state index in [1.807, 2.05) is 5.38 Å². The minimum atomic E-state index is -0.388. The van der Waals surface area contributed by atoms with E-state index in [-0.39, 0.29) is 6.03 Å². The van der Waals surface area contributed by atoms with Gasteiger partial charge in [0, 0.05) is 26.7 Å². The number of hydrogen-bond donors (Lipinski definition) is 2. The Balaban J connectivity index is 1.69. The molecule has 1 aromatic heterocycles. The Morgan fingerprint density at radius 2 is 1.67 bits per heavy atom. The van der Waals surface area contributed by atoms with Gasteiger partial charge in [0.15, 0.2) is 5.13 Å². The largest absolute Gasteiger partial charge is 0.325 e. The standard InChI is InChI=1S/C16H10Cl3N3OS/c17-9-1-4-11(5-2-9)20-15(23)22-16-21-14(8-24-16)12-6-3-10(18)7-13(12)19/h1-8H,(H2,20,21,22,23). The molecular weight excluding hydrogens is 389 g/mol. The topological polar surface area (TPSA) is 54.0 Å². The number of thiazole rings is 1. The van der Waals surface area contributed by atoms with Gasteiger partial charge in [0.2, 0.25) is 0 Å². The van der Waals surface area contributed by atoms with Crippen molar-refractivity contribution < 1.29 is 4.79 Å². The number of aromatic nitrogens is 1. The molecule has 0 unspecified atom stereocenters. The van der Waals surface area contributed by atoms with E-state index in [0.717, 1.165) is 5.56 Å². The lowest BCUT2D eigenvalue weighted by molar-refractivity contribution is 0.262. The van der Waals surface area contributed by atoms with Crippen LogP contribution in [0.15, 0.2) is 47.8 Å². The van der Waals surface area contributed by atoms with Gasteiger partial charge in [-0.3, -0.25) is 5.32 Å². The van der Waals surface area contributed by atoms with Gasteiger partial charge in [0.05, 0.1) is 10.7 Å². The van der Waals surface area contributed by atoms with Crippen molar-refractivity contribution in [1.29, 1.82) is 0 Å². The van der Waals surface area contributed by atoms with Gasteiger partial charge in [-0.1, -0.05) is 34.8 Å². The third kappa shape index (κ3) is 4.19. The van der Waals surface area contributed by atoms with Crippen LogP contribution in [0.4, 0.5) is 15.6 Å². The fourth-order valence-electron chi connectivity index (χ4n) is 1.94. The highest BCUT2D eigenvalue weighted by Crippen LogP contribution is 2.32. The average Bonchev–Trinajstić information content (AvgIpc) is 2.97. The summed E-state index contributed by atoms with van der Waals surface area (Å²) >= 11 is 19.2. The first-order chi connectivity index (χ1) is 11.5. The van der Waals surface area contributed by atoms with Crippen molar-refractivity contribution in [3.8, 4) is 11.3 Å². The molecule has 8 heteroatoms. The number of halogens is 3. The molecule has 0 aliphatic carbocycles. The van der Waals surface area contributed by atoms with Gasteiger partial charge < -0.3 is 5.32 Å². The van der Waals surface area contributed by atoms with Gasteiger partial charge in [0.1, 0.15) is 0 Å². The van der Waals surface area contributed by atoms with Crippen LogP contribution in [0.3, 0.4) is 0 Å². The number of rotatable bonds is 3. The van der Waals surface area contributed by atoms with E-state index in [1.54, 1.807) is 42.5 Å². The summed E-state index contributed by atoms with van der Waals surface area (Å²) in [6.45, 7) is 0. The van der Waals surface area contributed by atoms with Crippen LogP contribution >= 0.6 is 46.1 Å². The van der Waals surface area contributed by atoms with Gasteiger partial charge in [-0.2, -0.15) is 0 Å². The number of benzene rings is 2. The molecule has 0 spiro atoms. The van der Waals surface area contributed by atoms with Crippen molar-refractivity contribution in [1.82, 2.24) is 4.98 Å². The smallest absolute Gasteiger partial charge is 0.308 e. The molecule has 0 fully saturated rings. The summed E-state index contributed by atoms with van der Waals surface area (Å²) in [4.78, 5) is 16.4. The molecule has 2 amide bonds. The predicted octanol–water partition coefficient (Wildman–Crippen LogP) is 6.41. The number of carbonyl (C=O) groups is 1. The first-order valence-corrected chi connectivity index (χ1v) is 8.77. The van der Waals surface area contributed by atoms with E-state index >= 15 is 0 Å². The Kier molecular flexibility index (Phi) is 5.26. The lowest BCUT2D eigenvalue weighted by Crippen LogP contribution is -2.19. The van der Waals surface area contributed by atoms with Crippen molar-refractivity contribution in [2.75, 3.05) is 10.6 Å². The highest BCUT2D eigenvalue weighted by Gasteiger charge is 2.11. The summed E-state index contributed by atoms with van der Waals surface area (Å²) in [6, 6.07) is 11.6. The molecule has 0 bridgehead atoms. The highest BCUT2D eigenvalue weighted by molar-refractivity contribution is 7.14. The third-order valence-corrected chi connectivity index (χ3v) is 4.59. The molecule has 0 saturated carbocycles. The minimum Gasteiger partial charge on any atom is -0.308 e. The molecule has 0 aliphatic heterocycles. The summed E-state index contributed by atoms with van der Waals surface area (Å²) in [5.74, 6) is 0. The maximum atomic E-state index is 12.0. The lowest BCUT2D eigenvalue weighted by Gasteiger charge is -2.05. The third-order valence-electron chi connectivity index (χ3n) is 3.03. The van der Waals surface area contributed by atoms with Crippen LogP contribution in [-0.2, 0) is 0 Å². The van der Waals surface area contributed by atoms with Crippen molar-refractivity contribution in [3.63, 3.8) is 0 Å². The maximum absolute atomic E-state index is 12.0. The number of nitrogens with zero attached hydrogens (tertiary/aromatic N) is 1. The van der Waals surface area contributed by atoms with Crippen LogP contribution in [0.1, 0.15) is 0 Å². The maximum Gasteiger partial charge on any atom is 0.325 e. The summed E-state index contributed by atoms with van der Waals surface area (Å²) in [5.41, 5.74) is 2.06. The molecule has 4 nitrogen and oxygen atoms in total. The summed E-state index contributed by atoms with van der Waals surface area (Å²) < 4.78 is 0. The van der Waals surface area contributed by atoms with Gasteiger partial charge in [-0.05, 0) is 42.5 Å². The zero-order valence-electron chi connectivity index (χ0n) is 12.0. The Labute approximate surface area is 157 Å². The monoisotopic (exact) mass is 397 g/mol. The molecule has 122 valence electrons. The second kappa shape index (κ2) is 7.40. The van der Waals surface area contributed by atoms with Crippen molar-refractivity contribution in [2.24, 2.45) is 0 Å². The lowest BCUT2D eigenvalue weighted by atomic mass is 10.2. The molecule has 3 rings (SSSR count).